The van der Waals surface area contributed by atoms with Crippen LogP contribution in [-0.2, 0) is 4.74 Å². The zero-order valence-corrected chi connectivity index (χ0v) is 17.3. The van der Waals surface area contributed by atoms with Crippen LogP contribution < -0.4 is 10.6 Å². The zero-order valence-electron chi connectivity index (χ0n) is 16.5. The number of para-hydroxylation sites is 2. The van der Waals surface area contributed by atoms with Gasteiger partial charge in [-0.25, -0.2) is 4.98 Å². The highest BCUT2D eigenvalue weighted by molar-refractivity contribution is 7.79. The lowest BCUT2D eigenvalue weighted by atomic mass is 10.2. The van der Waals surface area contributed by atoms with E-state index in [9.17, 15) is 0 Å². The molecule has 5 rings (SSSR count). The first-order valence-electron chi connectivity index (χ1n) is 9.58. The van der Waals surface area contributed by atoms with Gasteiger partial charge in [0.1, 0.15) is 18.0 Å². The van der Waals surface area contributed by atoms with Crippen LogP contribution in [0.4, 0.5) is 11.6 Å². The largest absolute Gasteiger partial charge is 0.383 e. The molecule has 1 saturated heterocycles. The van der Waals surface area contributed by atoms with E-state index in [1.54, 1.807) is 12.6 Å². The van der Waals surface area contributed by atoms with E-state index in [1.807, 2.05) is 34.9 Å². The molecule has 0 amide bonds. The van der Waals surface area contributed by atoms with Gasteiger partial charge in [-0.1, -0.05) is 31.4 Å². The van der Waals surface area contributed by atoms with Crippen LogP contribution in [0.1, 0.15) is 26.2 Å². The van der Waals surface area contributed by atoms with Crippen molar-refractivity contribution in [3.05, 3.63) is 36.7 Å². The molecule has 2 fully saturated rings. The maximum absolute atomic E-state index is 6.02. The van der Waals surface area contributed by atoms with E-state index < -0.39 is 0 Å². The van der Waals surface area contributed by atoms with Crippen LogP contribution in [0.3, 0.4) is 0 Å². The molecule has 1 saturated carbocycles. The van der Waals surface area contributed by atoms with Gasteiger partial charge in [0.15, 0.2) is 0 Å². The highest BCUT2D eigenvalue weighted by atomic mass is 32.1. The number of thiol groups is 1. The van der Waals surface area contributed by atoms with Crippen molar-refractivity contribution < 1.29 is 4.74 Å². The SMILES string of the molecule is C1CC1.CC1COCCN1c1cc(N)nc(-n2cnc3ccccc32)n1.CS. The molecular weight excluding hydrogens is 372 g/mol. The van der Waals surface area contributed by atoms with E-state index >= 15 is 0 Å². The Morgan fingerprint density at radius 1 is 1.14 bits per heavy atom. The number of hydrogen-bond acceptors (Lipinski definition) is 7. The number of nitrogens with zero attached hydrogens (tertiary/aromatic N) is 5. The molecule has 1 atom stereocenters. The van der Waals surface area contributed by atoms with Gasteiger partial charge in [-0.2, -0.15) is 22.6 Å². The minimum Gasteiger partial charge on any atom is -0.383 e. The van der Waals surface area contributed by atoms with Gasteiger partial charge < -0.3 is 15.4 Å². The standard InChI is InChI=1S/C16H18N6O.C3H6.CH4S/c1-11-9-23-7-6-21(11)15-8-14(17)19-16(20-15)22-10-18-12-4-2-3-5-13(12)22;1-2-3-1;1-2/h2-5,8,10-11H,6-7,9H2,1H3,(H2,17,19,20);1-3H2;2H,1H3. The van der Waals surface area contributed by atoms with E-state index in [-0.39, 0.29) is 6.04 Å². The predicted molar refractivity (Wildman–Crippen MR) is 117 cm³/mol. The van der Waals surface area contributed by atoms with Gasteiger partial charge in [-0.05, 0) is 25.3 Å². The first-order valence-corrected chi connectivity index (χ1v) is 10.5. The normalized spacial score (nSPS) is 18.0. The van der Waals surface area contributed by atoms with Crippen molar-refractivity contribution in [2.45, 2.75) is 32.2 Å². The molecule has 2 aromatic heterocycles. The molecule has 28 heavy (non-hydrogen) atoms. The Morgan fingerprint density at radius 3 is 2.61 bits per heavy atom. The summed E-state index contributed by atoms with van der Waals surface area (Å²) in [6, 6.07) is 9.95. The van der Waals surface area contributed by atoms with Crippen molar-refractivity contribution >= 4 is 35.3 Å². The summed E-state index contributed by atoms with van der Waals surface area (Å²) in [7, 11) is 0. The molecule has 7 nitrogen and oxygen atoms in total. The molecule has 2 N–H and O–H groups in total. The smallest absolute Gasteiger partial charge is 0.239 e. The Bertz CT molecular complexity index is 895. The van der Waals surface area contributed by atoms with Crippen LogP contribution >= 0.6 is 12.6 Å². The Hall–Kier alpha value is -2.32. The maximum Gasteiger partial charge on any atom is 0.239 e. The number of nitrogens with two attached hydrogens (primary N) is 1. The number of fused-ring (bicyclic) bond motifs is 1. The molecule has 0 spiro atoms. The van der Waals surface area contributed by atoms with E-state index in [0.717, 1.165) is 23.4 Å². The second-order valence-electron chi connectivity index (χ2n) is 6.73. The second kappa shape index (κ2) is 9.75. The third kappa shape index (κ3) is 4.94. The zero-order chi connectivity index (χ0) is 19.9. The van der Waals surface area contributed by atoms with Crippen LogP contribution in [0.2, 0.25) is 0 Å². The van der Waals surface area contributed by atoms with Crippen molar-refractivity contribution in [2.24, 2.45) is 0 Å². The Labute approximate surface area is 171 Å². The Balaban J connectivity index is 0.000000402. The first kappa shape index (κ1) is 20.4. The van der Waals surface area contributed by atoms with Gasteiger partial charge in [0.2, 0.25) is 5.95 Å². The lowest BCUT2D eigenvalue weighted by Gasteiger charge is -2.34. The molecule has 1 aliphatic carbocycles. The van der Waals surface area contributed by atoms with Crippen LogP contribution in [0, 0.1) is 0 Å². The molecule has 1 unspecified atom stereocenters. The summed E-state index contributed by atoms with van der Waals surface area (Å²) >= 11 is 3.53. The molecule has 0 bridgehead atoms. The van der Waals surface area contributed by atoms with Gasteiger partial charge in [0, 0.05) is 12.6 Å². The van der Waals surface area contributed by atoms with Crippen LogP contribution in [0.25, 0.3) is 17.0 Å². The van der Waals surface area contributed by atoms with Crippen molar-refractivity contribution in [3.63, 3.8) is 0 Å². The lowest BCUT2D eigenvalue weighted by Crippen LogP contribution is -2.44. The van der Waals surface area contributed by atoms with E-state index in [0.29, 0.717) is 25.0 Å². The second-order valence-corrected chi connectivity index (χ2v) is 6.73. The molecule has 1 aliphatic heterocycles. The minimum absolute atomic E-state index is 0.255. The fourth-order valence-electron chi connectivity index (χ4n) is 2.88. The summed E-state index contributed by atoms with van der Waals surface area (Å²) in [5.41, 5.74) is 7.88. The quantitative estimate of drug-likeness (QED) is 0.642. The monoisotopic (exact) mass is 400 g/mol. The predicted octanol–water partition coefficient (Wildman–Crippen LogP) is 3.34. The van der Waals surface area contributed by atoms with Crippen molar-refractivity contribution in [3.8, 4) is 5.95 Å². The lowest BCUT2D eigenvalue weighted by molar-refractivity contribution is 0.0985. The van der Waals surface area contributed by atoms with E-state index in [1.165, 1.54) is 19.3 Å². The average Bonchev–Trinajstić information content (AvgIpc) is 3.55. The molecule has 8 heteroatoms. The summed E-state index contributed by atoms with van der Waals surface area (Å²) in [5.74, 6) is 1.80. The highest BCUT2D eigenvalue weighted by Crippen LogP contribution is 2.22. The topological polar surface area (TPSA) is 82.1 Å². The molecular formula is C20H28N6OS. The number of imidazole rings is 1. The third-order valence-corrected chi connectivity index (χ3v) is 4.41. The van der Waals surface area contributed by atoms with Gasteiger partial charge in [0.05, 0.1) is 30.3 Å². The van der Waals surface area contributed by atoms with Crippen LogP contribution in [0.15, 0.2) is 36.7 Å². The number of nitrogen functional groups attached to an aromatic ring is 1. The first-order chi connectivity index (χ1) is 13.7. The number of aromatic nitrogens is 4. The van der Waals surface area contributed by atoms with Crippen molar-refractivity contribution in [2.75, 3.05) is 36.6 Å². The van der Waals surface area contributed by atoms with E-state index in [4.69, 9.17) is 15.5 Å². The third-order valence-electron chi connectivity index (χ3n) is 4.41. The molecule has 150 valence electrons. The minimum atomic E-state index is 0.255. The van der Waals surface area contributed by atoms with E-state index in [2.05, 4.69) is 34.4 Å². The molecule has 3 aromatic rings. The number of rotatable bonds is 2. The molecule has 1 aromatic carbocycles. The van der Waals surface area contributed by atoms with Crippen molar-refractivity contribution in [1.82, 2.24) is 19.5 Å². The molecule has 0 radical (unpaired) electrons. The maximum atomic E-state index is 6.02. The molecule has 2 aliphatic rings. The van der Waals surface area contributed by atoms with Crippen LogP contribution in [-0.4, -0.2) is 51.6 Å². The Morgan fingerprint density at radius 2 is 1.89 bits per heavy atom. The number of hydrogen-bond donors (Lipinski definition) is 2. The Kier molecular flexibility index (Phi) is 7.11. The fourth-order valence-corrected chi connectivity index (χ4v) is 2.88. The summed E-state index contributed by atoms with van der Waals surface area (Å²) in [6.07, 6.45) is 7.92. The highest BCUT2D eigenvalue weighted by Gasteiger charge is 2.21. The summed E-state index contributed by atoms with van der Waals surface area (Å²) < 4.78 is 7.35. The number of benzene rings is 1. The molecule has 3 heterocycles. The number of morpholine rings is 1. The fraction of sp³-hybridized carbons (Fsp3) is 0.450. The van der Waals surface area contributed by atoms with Crippen LogP contribution in [0.5, 0.6) is 0 Å². The van der Waals surface area contributed by atoms with Gasteiger partial charge in [0.25, 0.3) is 0 Å². The van der Waals surface area contributed by atoms with Gasteiger partial charge in [-0.15, -0.1) is 0 Å². The number of anilines is 2. The van der Waals surface area contributed by atoms with Crippen molar-refractivity contribution in [1.29, 1.82) is 0 Å². The summed E-state index contributed by atoms with van der Waals surface area (Å²) in [5, 5.41) is 0. The van der Waals surface area contributed by atoms with Gasteiger partial charge in [-0.3, -0.25) is 4.57 Å². The number of ether oxygens (including phenoxy) is 1. The summed E-state index contributed by atoms with van der Waals surface area (Å²) in [4.78, 5) is 15.7. The van der Waals surface area contributed by atoms with Gasteiger partial charge >= 0.3 is 0 Å². The summed E-state index contributed by atoms with van der Waals surface area (Å²) in [6.45, 7) is 4.29. The average molecular weight is 401 g/mol.